The number of hydrogen-bond acceptors (Lipinski definition) is 4. The van der Waals surface area contributed by atoms with Crippen LogP contribution in [-0.2, 0) is 0 Å². The van der Waals surface area contributed by atoms with E-state index in [-0.39, 0.29) is 17.6 Å². The molecule has 0 radical (unpaired) electrons. The maximum absolute atomic E-state index is 12.2. The Morgan fingerprint density at radius 2 is 2.05 bits per heavy atom. The largest absolute Gasteiger partial charge is 0.372 e. The lowest BCUT2D eigenvalue weighted by Gasteiger charge is -2.15. The summed E-state index contributed by atoms with van der Waals surface area (Å²) in [5, 5.41) is 14.0. The maximum atomic E-state index is 12.2. The van der Waals surface area contributed by atoms with Crippen molar-refractivity contribution in [1.82, 2.24) is 5.32 Å². The number of unbranched alkanes of at least 4 members (excludes halogenated alkanes) is 2. The fourth-order valence-electron chi connectivity index (χ4n) is 2.27. The van der Waals surface area contributed by atoms with Crippen molar-refractivity contribution in [2.75, 3.05) is 19.0 Å². The highest BCUT2D eigenvalue weighted by atomic mass is 16.6. The molecule has 22 heavy (non-hydrogen) atoms. The minimum absolute atomic E-state index is 0.0590. The molecule has 1 N–H and O–H groups in total. The predicted octanol–water partition coefficient (Wildman–Crippen LogP) is 3.36. The number of nitrogens with one attached hydrogen (secondary N) is 1. The Morgan fingerprint density at radius 1 is 1.36 bits per heavy atom. The Hall–Kier alpha value is -2.11. The highest BCUT2D eigenvalue weighted by molar-refractivity contribution is 5.95. The second-order valence-electron chi connectivity index (χ2n) is 5.73. The number of benzene rings is 1. The molecular formula is C16H25N3O3. The lowest BCUT2D eigenvalue weighted by molar-refractivity contribution is -0.384. The zero-order valence-electron chi connectivity index (χ0n) is 13.8. The summed E-state index contributed by atoms with van der Waals surface area (Å²) in [4.78, 5) is 24.5. The van der Waals surface area contributed by atoms with E-state index in [1.54, 1.807) is 31.1 Å². The third-order valence-electron chi connectivity index (χ3n) is 3.53. The van der Waals surface area contributed by atoms with Crippen LogP contribution in [0.3, 0.4) is 0 Å². The summed E-state index contributed by atoms with van der Waals surface area (Å²) in [5.74, 6) is -0.266. The van der Waals surface area contributed by atoms with Gasteiger partial charge in [-0.3, -0.25) is 14.9 Å². The van der Waals surface area contributed by atoms with Gasteiger partial charge in [0.05, 0.1) is 4.92 Å². The highest BCUT2D eigenvalue weighted by Gasteiger charge is 2.19. The van der Waals surface area contributed by atoms with Crippen LogP contribution in [0.2, 0.25) is 0 Å². The molecule has 0 aromatic heterocycles. The normalized spacial score (nSPS) is 11.8. The van der Waals surface area contributed by atoms with Gasteiger partial charge >= 0.3 is 0 Å². The number of nitrogens with zero attached hydrogens (tertiary/aromatic N) is 2. The van der Waals surface area contributed by atoms with Crippen molar-refractivity contribution in [3.63, 3.8) is 0 Å². The Bertz CT molecular complexity index is 529. The van der Waals surface area contributed by atoms with Crippen LogP contribution in [0.25, 0.3) is 0 Å². The second-order valence-corrected chi connectivity index (χ2v) is 5.73. The van der Waals surface area contributed by atoms with Crippen LogP contribution in [0.1, 0.15) is 49.9 Å². The number of nitro groups is 1. The zero-order valence-corrected chi connectivity index (χ0v) is 13.8. The van der Waals surface area contributed by atoms with Gasteiger partial charge in [0, 0.05) is 31.8 Å². The first kappa shape index (κ1) is 17.9. The molecule has 0 aliphatic carbocycles. The molecule has 1 aromatic carbocycles. The molecule has 0 aliphatic rings. The number of nitro benzene ring substituents is 1. The molecule has 0 saturated heterocycles. The summed E-state index contributed by atoms with van der Waals surface area (Å²) < 4.78 is 0. The summed E-state index contributed by atoms with van der Waals surface area (Å²) in [6.07, 6.45) is 4.26. The van der Waals surface area contributed by atoms with Crippen LogP contribution in [0.15, 0.2) is 18.2 Å². The first-order chi connectivity index (χ1) is 10.4. The fourth-order valence-corrected chi connectivity index (χ4v) is 2.27. The van der Waals surface area contributed by atoms with E-state index in [0.29, 0.717) is 11.3 Å². The van der Waals surface area contributed by atoms with E-state index in [4.69, 9.17) is 0 Å². The van der Waals surface area contributed by atoms with Gasteiger partial charge < -0.3 is 10.2 Å². The van der Waals surface area contributed by atoms with Gasteiger partial charge in [0.15, 0.2) is 0 Å². The molecule has 6 nitrogen and oxygen atoms in total. The number of amides is 1. The Kier molecular flexibility index (Phi) is 6.82. The molecule has 1 aromatic rings. The zero-order chi connectivity index (χ0) is 16.7. The van der Waals surface area contributed by atoms with E-state index in [0.717, 1.165) is 25.7 Å². The third kappa shape index (κ3) is 5.02. The fraction of sp³-hybridized carbons (Fsp3) is 0.562. The number of carbonyl (C=O) groups excluding carboxylic acids is 1. The van der Waals surface area contributed by atoms with Crippen molar-refractivity contribution < 1.29 is 9.72 Å². The minimum Gasteiger partial charge on any atom is -0.372 e. The molecule has 0 spiro atoms. The predicted molar refractivity (Wildman–Crippen MR) is 88.5 cm³/mol. The van der Waals surface area contributed by atoms with Gasteiger partial charge in [-0.05, 0) is 25.5 Å². The highest BCUT2D eigenvalue weighted by Crippen LogP contribution is 2.27. The Morgan fingerprint density at radius 3 is 2.59 bits per heavy atom. The molecular weight excluding hydrogens is 282 g/mol. The van der Waals surface area contributed by atoms with Crippen molar-refractivity contribution in [3.8, 4) is 0 Å². The molecule has 122 valence electrons. The van der Waals surface area contributed by atoms with Crippen LogP contribution in [0, 0.1) is 10.1 Å². The maximum Gasteiger partial charge on any atom is 0.293 e. The van der Waals surface area contributed by atoms with Gasteiger partial charge in [-0.2, -0.15) is 0 Å². The van der Waals surface area contributed by atoms with E-state index in [9.17, 15) is 14.9 Å². The van der Waals surface area contributed by atoms with Gasteiger partial charge in [0.1, 0.15) is 5.69 Å². The van der Waals surface area contributed by atoms with E-state index >= 15 is 0 Å². The topological polar surface area (TPSA) is 75.5 Å². The molecule has 0 fully saturated rings. The number of hydrogen-bond donors (Lipinski definition) is 1. The average molecular weight is 307 g/mol. The first-order valence-corrected chi connectivity index (χ1v) is 7.63. The molecule has 0 bridgehead atoms. The molecule has 6 heteroatoms. The van der Waals surface area contributed by atoms with Gasteiger partial charge in [0.2, 0.25) is 0 Å². The summed E-state index contributed by atoms with van der Waals surface area (Å²) >= 11 is 0. The van der Waals surface area contributed by atoms with Crippen LogP contribution >= 0.6 is 0 Å². The molecule has 0 saturated carbocycles. The van der Waals surface area contributed by atoms with Crippen molar-refractivity contribution in [2.45, 2.75) is 45.6 Å². The lowest BCUT2D eigenvalue weighted by Crippen LogP contribution is -2.32. The Labute approximate surface area is 131 Å². The number of anilines is 1. The third-order valence-corrected chi connectivity index (χ3v) is 3.53. The summed E-state index contributed by atoms with van der Waals surface area (Å²) in [5.41, 5.74) is 0.744. The molecule has 1 amide bonds. The minimum atomic E-state index is -0.462. The van der Waals surface area contributed by atoms with Gasteiger partial charge in [-0.15, -0.1) is 0 Å². The monoisotopic (exact) mass is 307 g/mol. The van der Waals surface area contributed by atoms with E-state index < -0.39 is 4.92 Å². The van der Waals surface area contributed by atoms with Crippen molar-refractivity contribution in [2.24, 2.45) is 0 Å². The van der Waals surface area contributed by atoms with Crippen LogP contribution < -0.4 is 10.2 Å². The molecule has 0 aliphatic heterocycles. The smallest absolute Gasteiger partial charge is 0.293 e. The second kappa shape index (κ2) is 8.36. The Balaban J connectivity index is 2.81. The van der Waals surface area contributed by atoms with Gasteiger partial charge in [0.25, 0.3) is 11.6 Å². The van der Waals surface area contributed by atoms with Crippen LogP contribution in [0.5, 0.6) is 0 Å². The van der Waals surface area contributed by atoms with Gasteiger partial charge in [-0.25, -0.2) is 0 Å². The molecule has 1 unspecified atom stereocenters. The van der Waals surface area contributed by atoms with Crippen molar-refractivity contribution >= 4 is 17.3 Å². The molecule has 1 atom stereocenters. The van der Waals surface area contributed by atoms with E-state index in [2.05, 4.69) is 12.2 Å². The number of carbonyl (C=O) groups is 1. The van der Waals surface area contributed by atoms with Gasteiger partial charge in [-0.1, -0.05) is 26.2 Å². The summed E-state index contributed by atoms with van der Waals surface area (Å²) in [6.45, 7) is 4.09. The first-order valence-electron chi connectivity index (χ1n) is 7.63. The van der Waals surface area contributed by atoms with Crippen LogP contribution in [0.4, 0.5) is 11.4 Å². The van der Waals surface area contributed by atoms with Crippen LogP contribution in [-0.4, -0.2) is 31.0 Å². The quantitative estimate of drug-likeness (QED) is 0.454. The molecule has 1 rings (SSSR count). The average Bonchev–Trinajstić information content (AvgIpc) is 2.46. The van der Waals surface area contributed by atoms with E-state index in [1.807, 2.05) is 6.92 Å². The SMILES string of the molecule is CCCCCC(C)NC(=O)c1ccc(N(C)C)c([N+](=O)[O-])c1. The van der Waals surface area contributed by atoms with Crippen molar-refractivity contribution in [3.05, 3.63) is 33.9 Å². The van der Waals surface area contributed by atoms with Crippen molar-refractivity contribution in [1.29, 1.82) is 0 Å². The molecule has 0 heterocycles. The standard InChI is InChI=1S/C16H25N3O3/c1-5-6-7-8-12(2)17-16(20)13-9-10-14(18(3)4)15(11-13)19(21)22/h9-12H,5-8H2,1-4H3,(H,17,20). The van der Waals surface area contributed by atoms with E-state index in [1.165, 1.54) is 6.07 Å². The number of rotatable bonds is 8. The summed E-state index contributed by atoms with van der Waals surface area (Å²) in [6, 6.07) is 4.63. The summed E-state index contributed by atoms with van der Waals surface area (Å²) in [7, 11) is 3.47. The lowest BCUT2D eigenvalue weighted by atomic mass is 10.1.